The molecule has 3 heteroatoms. The lowest BCUT2D eigenvalue weighted by Gasteiger charge is -2.28. The second-order valence-electron chi connectivity index (χ2n) is 5.14. The molecule has 1 aliphatic rings. The summed E-state index contributed by atoms with van der Waals surface area (Å²) < 4.78 is 11.5. The second-order valence-corrected chi connectivity index (χ2v) is 5.14. The minimum atomic E-state index is 0.144. The van der Waals surface area contributed by atoms with E-state index in [4.69, 9.17) is 9.47 Å². The second kappa shape index (κ2) is 5.72. The normalized spacial score (nSPS) is 20.2. The molecule has 1 N–H and O–H groups in total. The van der Waals surface area contributed by atoms with Crippen molar-refractivity contribution in [3.63, 3.8) is 0 Å². The minimum Gasteiger partial charge on any atom is -0.496 e. The standard InChI is InChI=1S/C15H23NO2/c1-10(2)14-12(13-9-16-7-8-18-13)6-5-11(3)15(14)17-4/h5-6,10,13,16H,7-9H2,1-4H3. The van der Waals surface area contributed by atoms with E-state index in [-0.39, 0.29) is 6.10 Å². The van der Waals surface area contributed by atoms with E-state index in [2.05, 4.69) is 38.2 Å². The van der Waals surface area contributed by atoms with Crippen molar-refractivity contribution < 1.29 is 9.47 Å². The molecule has 100 valence electrons. The van der Waals surface area contributed by atoms with Crippen molar-refractivity contribution in [3.05, 3.63) is 28.8 Å². The topological polar surface area (TPSA) is 30.5 Å². The molecule has 0 aromatic heterocycles. The molecule has 0 aliphatic carbocycles. The Balaban J connectivity index is 2.45. The van der Waals surface area contributed by atoms with Gasteiger partial charge in [-0.15, -0.1) is 0 Å². The van der Waals surface area contributed by atoms with Gasteiger partial charge in [0.1, 0.15) is 5.75 Å². The van der Waals surface area contributed by atoms with E-state index < -0.39 is 0 Å². The van der Waals surface area contributed by atoms with Crippen LogP contribution >= 0.6 is 0 Å². The molecule has 1 heterocycles. The van der Waals surface area contributed by atoms with Crippen LogP contribution in [0.5, 0.6) is 5.75 Å². The van der Waals surface area contributed by atoms with Gasteiger partial charge in [0.05, 0.1) is 19.8 Å². The van der Waals surface area contributed by atoms with E-state index in [9.17, 15) is 0 Å². The molecule has 0 amide bonds. The predicted molar refractivity (Wildman–Crippen MR) is 73.4 cm³/mol. The van der Waals surface area contributed by atoms with Crippen molar-refractivity contribution in [2.75, 3.05) is 26.8 Å². The lowest BCUT2D eigenvalue weighted by atomic mass is 9.90. The van der Waals surface area contributed by atoms with Gasteiger partial charge in [0.15, 0.2) is 0 Å². The molecule has 0 saturated carbocycles. The third-order valence-electron chi connectivity index (χ3n) is 3.48. The average Bonchev–Trinajstić information content (AvgIpc) is 2.39. The van der Waals surface area contributed by atoms with Gasteiger partial charge in [-0.3, -0.25) is 0 Å². The summed E-state index contributed by atoms with van der Waals surface area (Å²) in [6.45, 7) is 9.10. The average molecular weight is 249 g/mol. The van der Waals surface area contributed by atoms with Crippen LogP contribution in [-0.2, 0) is 4.74 Å². The van der Waals surface area contributed by atoms with Crippen LogP contribution in [-0.4, -0.2) is 26.8 Å². The molecule has 1 saturated heterocycles. The number of ether oxygens (including phenoxy) is 2. The first-order valence-corrected chi connectivity index (χ1v) is 6.64. The van der Waals surface area contributed by atoms with Crippen LogP contribution in [0.4, 0.5) is 0 Å². The Morgan fingerprint density at radius 1 is 1.39 bits per heavy atom. The minimum absolute atomic E-state index is 0.144. The number of nitrogens with one attached hydrogen (secondary N) is 1. The molecular formula is C15H23NO2. The van der Waals surface area contributed by atoms with Crippen LogP contribution in [0.2, 0.25) is 0 Å². The Labute approximate surface area is 109 Å². The van der Waals surface area contributed by atoms with Gasteiger partial charge in [-0.1, -0.05) is 26.0 Å². The van der Waals surface area contributed by atoms with Crippen LogP contribution < -0.4 is 10.1 Å². The van der Waals surface area contributed by atoms with Crippen molar-refractivity contribution >= 4 is 0 Å². The van der Waals surface area contributed by atoms with Crippen LogP contribution in [0.25, 0.3) is 0 Å². The lowest BCUT2D eigenvalue weighted by Crippen LogP contribution is -2.34. The first kappa shape index (κ1) is 13.4. The molecule has 1 aromatic carbocycles. The number of methoxy groups -OCH3 is 1. The smallest absolute Gasteiger partial charge is 0.125 e. The maximum Gasteiger partial charge on any atom is 0.125 e. The summed E-state index contributed by atoms with van der Waals surface area (Å²) >= 11 is 0. The van der Waals surface area contributed by atoms with Crippen molar-refractivity contribution in [1.82, 2.24) is 5.32 Å². The highest BCUT2D eigenvalue weighted by Crippen LogP contribution is 2.37. The summed E-state index contributed by atoms with van der Waals surface area (Å²) in [4.78, 5) is 0. The van der Waals surface area contributed by atoms with E-state index in [1.807, 2.05) is 0 Å². The van der Waals surface area contributed by atoms with Gasteiger partial charge in [0.25, 0.3) is 0 Å². The summed E-state index contributed by atoms with van der Waals surface area (Å²) in [5.41, 5.74) is 3.74. The molecule has 1 aromatic rings. The van der Waals surface area contributed by atoms with Crippen LogP contribution in [0.15, 0.2) is 12.1 Å². The highest BCUT2D eigenvalue weighted by Gasteiger charge is 2.23. The summed E-state index contributed by atoms with van der Waals surface area (Å²) in [5.74, 6) is 1.44. The third kappa shape index (κ3) is 2.52. The zero-order chi connectivity index (χ0) is 13.1. The molecular weight excluding hydrogens is 226 g/mol. The van der Waals surface area contributed by atoms with Gasteiger partial charge in [-0.2, -0.15) is 0 Å². The maximum absolute atomic E-state index is 5.88. The van der Waals surface area contributed by atoms with Gasteiger partial charge in [-0.05, 0) is 24.0 Å². The van der Waals surface area contributed by atoms with Crippen LogP contribution in [0.1, 0.15) is 42.6 Å². The molecule has 0 bridgehead atoms. The van der Waals surface area contributed by atoms with Crippen molar-refractivity contribution in [3.8, 4) is 5.75 Å². The number of morpholine rings is 1. The molecule has 18 heavy (non-hydrogen) atoms. The fourth-order valence-corrected chi connectivity index (χ4v) is 2.64. The van der Waals surface area contributed by atoms with E-state index >= 15 is 0 Å². The predicted octanol–water partition coefficient (Wildman–Crippen LogP) is 2.79. The lowest BCUT2D eigenvalue weighted by molar-refractivity contribution is 0.0268. The molecule has 2 rings (SSSR count). The first-order valence-electron chi connectivity index (χ1n) is 6.64. The van der Waals surface area contributed by atoms with E-state index in [1.54, 1.807) is 7.11 Å². The highest BCUT2D eigenvalue weighted by atomic mass is 16.5. The Kier molecular flexibility index (Phi) is 4.25. The Hall–Kier alpha value is -1.06. The van der Waals surface area contributed by atoms with Crippen molar-refractivity contribution in [2.24, 2.45) is 0 Å². The van der Waals surface area contributed by atoms with Gasteiger partial charge in [0.2, 0.25) is 0 Å². The van der Waals surface area contributed by atoms with E-state index in [0.717, 1.165) is 25.4 Å². The summed E-state index contributed by atoms with van der Waals surface area (Å²) in [6, 6.07) is 4.31. The van der Waals surface area contributed by atoms with Crippen molar-refractivity contribution in [1.29, 1.82) is 0 Å². The SMILES string of the molecule is COc1c(C)ccc(C2CNCCO2)c1C(C)C. The van der Waals surface area contributed by atoms with E-state index in [0.29, 0.717) is 5.92 Å². The Morgan fingerprint density at radius 2 is 2.17 bits per heavy atom. The number of benzene rings is 1. The highest BCUT2D eigenvalue weighted by molar-refractivity contribution is 5.48. The van der Waals surface area contributed by atoms with Crippen LogP contribution in [0.3, 0.4) is 0 Å². The summed E-state index contributed by atoms with van der Waals surface area (Å²) in [6.07, 6.45) is 0.144. The number of rotatable bonds is 3. The Morgan fingerprint density at radius 3 is 2.72 bits per heavy atom. The quantitative estimate of drug-likeness (QED) is 0.893. The largest absolute Gasteiger partial charge is 0.496 e. The molecule has 0 radical (unpaired) electrons. The number of hydrogen-bond acceptors (Lipinski definition) is 3. The number of aryl methyl sites for hydroxylation is 1. The monoisotopic (exact) mass is 249 g/mol. The third-order valence-corrected chi connectivity index (χ3v) is 3.48. The van der Waals surface area contributed by atoms with E-state index in [1.165, 1.54) is 16.7 Å². The first-order chi connectivity index (χ1) is 8.65. The van der Waals surface area contributed by atoms with Crippen LogP contribution in [0, 0.1) is 6.92 Å². The molecule has 0 spiro atoms. The van der Waals surface area contributed by atoms with Gasteiger partial charge in [-0.25, -0.2) is 0 Å². The zero-order valence-corrected chi connectivity index (χ0v) is 11.7. The fourth-order valence-electron chi connectivity index (χ4n) is 2.64. The molecule has 1 aliphatic heterocycles. The van der Waals surface area contributed by atoms with Gasteiger partial charge in [0, 0.05) is 18.7 Å². The maximum atomic E-state index is 5.88. The molecule has 1 unspecified atom stereocenters. The fraction of sp³-hybridized carbons (Fsp3) is 0.600. The van der Waals surface area contributed by atoms with Crippen molar-refractivity contribution in [2.45, 2.75) is 32.8 Å². The van der Waals surface area contributed by atoms with Gasteiger partial charge >= 0.3 is 0 Å². The Bertz CT molecular complexity index is 409. The number of hydrogen-bond donors (Lipinski definition) is 1. The molecule has 1 fully saturated rings. The summed E-state index contributed by atoms with van der Waals surface area (Å²) in [7, 11) is 1.75. The molecule has 3 nitrogen and oxygen atoms in total. The summed E-state index contributed by atoms with van der Waals surface area (Å²) in [5, 5.41) is 3.39. The van der Waals surface area contributed by atoms with Gasteiger partial charge < -0.3 is 14.8 Å². The zero-order valence-electron chi connectivity index (χ0n) is 11.7. The molecule has 1 atom stereocenters.